The third kappa shape index (κ3) is 2.46. The topological polar surface area (TPSA) is 43.8 Å². The lowest BCUT2D eigenvalue weighted by molar-refractivity contribution is 0.682. The molecule has 0 bridgehead atoms. The normalized spacial score (nSPS) is 12.9. The summed E-state index contributed by atoms with van der Waals surface area (Å²) in [6.07, 6.45) is 2.94. The highest BCUT2D eigenvalue weighted by atomic mass is 15.3. The summed E-state index contributed by atoms with van der Waals surface area (Å²) in [6, 6.07) is 10.3. The van der Waals surface area contributed by atoms with E-state index >= 15 is 0 Å². The van der Waals surface area contributed by atoms with Crippen molar-refractivity contribution in [1.29, 1.82) is 0 Å². The van der Waals surface area contributed by atoms with E-state index in [-0.39, 0.29) is 6.04 Å². The molecule has 3 nitrogen and oxygen atoms in total. The van der Waals surface area contributed by atoms with Crippen molar-refractivity contribution in [3.8, 4) is 5.69 Å². The highest BCUT2D eigenvalue weighted by Gasteiger charge is 2.12. The van der Waals surface area contributed by atoms with Gasteiger partial charge < -0.3 is 5.73 Å². The Balaban J connectivity index is 2.43. The van der Waals surface area contributed by atoms with Crippen molar-refractivity contribution in [2.24, 2.45) is 5.73 Å². The summed E-state index contributed by atoms with van der Waals surface area (Å²) in [7, 11) is 0. The van der Waals surface area contributed by atoms with Crippen molar-refractivity contribution in [2.45, 2.75) is 39.2 Å². The van der Waals surface area contributed by atoms with E-state index in [1.807, 2.05) is 23.0 Å². The Morgan fingerprint density at radius 1 is 1.22 bits per heavy atom. The highest BCUT2D eigenvalue weighted by Crippen LogP contribution is 2.22. The van der Waals surface area contributed by atoms with Gasteiger partial charge in [0.1, 0.15) is 0 Å². The van der Waals surface area contributed by atoms with Crippen LogP contribution < -0.4 is 5.73 Å². The van der Waals surface area contributed by atoms with Crippen molar-refractivity contribution < 1.29 is 0 Å². The van der Waals surface area contributed by atoms with E-state index in [1.165, 1.54) is 0 Å². The molecule has 0 aliphatic rings. The van der Waals surface area contributed by atoms with Gasteiger partial charge in [0.15, 0.2) is 0 Å². The van der Waals surface area contributed by atoms with Crippen LogP contribution in [0.2, 0.25) is 0 Å². The first-order valence-corrected chi connectivity index (χ1v) is 6.54. The Morgan fingerprint density at radius 3 is 2.56 bits per heavy atom. The standard InChI is InChI=1S/C15H21N3/c1-4-13(16)12-7-5-6-8-15(12)18-10-9-14(17-18)11(2)3/h5-11,13H,4,16H2,1-3H3/t13-/m1/s1. The van der Waals surface area contributed by atoms with Gasteiger partial charge in [-0.1, -0.05) is 39.0 Å². The lowest BCUT2D eigenvalue weighted by atomic mass is 10.0. The number of benzene rings is 1. The first-order chi connectivity index (χ1) is 8.63. The van der Waals surface area contributed by atoms with Crippen LogP contribution in [-0.4, -0.2) is 9.78 Å². The molecule has 0 unspecified atom stereocenters. The second kappa shape index (κ2) is 5.36. The molecule has 2 rings (SSSR count). The minimum Gasteiger partial charge on any atom is -0.324 e. The van der Waals surface area contributed by atoms with E-state index in [0.29, 0.717) is 5.92 Å². The molecule has 0 spiro atoms. The van der Waals surface area contributed by atoms with E-state index in [9.17, 15) is 0 Å². The second-order valence-corrected chi connectivity index (χ2v) is 4.91. The van der Waals surface area contributed by atoms with Crippen LogP contribution in [0.25, 0.3) is 5.69 Å². The van der Waals surface area contributed by atoms with Gasteiger partial charge in [0, 0.05) is 12.2 Å². The summed E-state index contributed by atoms with van der Waals surface area (Å²) >= 11 is 0. The molecule has 0 aliphatic carbocycles. The SMILES string of the molecule is CC[C@@H](N)c1ccccc1-n1ccc(C(C)C)n1. The predicted molar refractivity (Wildman–Crippen MR) is 74.9 cm³/mol. The minimum atomic E-state index is 0.0629. The maximum absolute atomic E-state index is 6.16. The molecule has 1 heterocycles. The molecule has 0 radical (unpaired) electrons. The molecule has 3 heteroatoms. The average molecular weight is 243 g/mol. The lowest BCUT2D eigenvalue weighted by Crippen LogP contribution is -2.12. The zero-order valence-corrected chi connectivity index (χ0v) is 11.3. The van der Waals surface area contributed by atoms with Crippen LogP contribution in [0.15, 0.2) is 36.5 Å². The number of para-hydroxylation sites is 1. The summed E-state index contributed by atoms with van der Waals surface area (Å²) in [5.74, 6) is 0.443. The summed E-state index contributed by atoms with van der Waals surface area (Å²) in [4.78, 5) is 0. The molecule has 2 aromatic rings. The van der Waals surface area contributed by atoms with Crippen LogP contribution in [0.1, 0.15) is 50.4 Å². The summed E-state index contributed by atoms with van der Waals surface area (Å²) < 4.78 is 1.93. The van der Waals surface area contributed by atoms with Gasteiger partial charge in [-0.2, -0.15) is 5.10 Å². The molecule has 96 valence electrons. The lowest BCUT2D eigenvalue weighted by Gasteiger charge is -2.14. The number of nitrogens with zero attached hydrogens (tertiary/aromatic N) is 2. The molecule has 0 saturated heterocycles. The Hall–Kier alpha value is -1.61. The zero-order valence-electron chi connectivity index (χ0n) is 11.3. The second-order valence-electron chi connectivity index (χ2n) is 4.91. The Labute approximate surface area is 109 Å². The number of hydrogen-bond donors (Lipinski definition) is 1. The van der Waals surface area contributed by atoms with Gasteiger partial charge in [-0.05, 0) is 30.0 Å². The summed E-state index contributed by atoms with van der Waals surface area (Å²) in [5.41, 5.74) is 9.50. The van der Waals surface area contributed by atoms with Crippen LogP contribution in [0.5, 0.6) is 0 Å². The van der Waals surface area contributed by atoms with Gasteiger partial charge in [0.25, 0.3) is 0 Å². The monoisotopic (exact) mass is 243 g/mol. The first-order valence-electron chi connectivity index (χ1n) is 6.54. The van der Waals surface area contributed by atoms with Crippen molar-refractivity contribution in [2.75, 3.05) is 0 Å². The van der Waals surface area contributed by atoms with Crippen LogP contribution >= 0.6 is 0 Å². The largest absolute Gasteiger partial charge is 0.324 e. The molecule has 1 aromatic carbocycles. The smallest absolute Gasteiger partial charge is 0.0693 e. The van der Waals surface area contributed by atoms with Crippen LogP contribution in [-0.2, 0) is 0 Å². The fraction of sp³-hybridized carbons (Fsp3) is 0.400. The molecule has 0 fully saturated rings. The Bertz CT molecular complexity index is 514. The van der Waals surface area contributed by atoms with Crippen molar-refractivity contribution >= 4 is 0 Å². The maximum atomic E-state index is 6.16. The quantitative estimate of drug-likeness (QED) is 0.894. The third-order valence-electron chi connectivity index (χ3n) is 3.22. The number of aromatic nitrogens is 2. The maximum Gasteiger partial charge on any atom is 0.0693 e. The third-order valence-corrected chi connectivity index (χ3v) is 3.22. The molecule has 1 atom stereocenters. The van der Waals surface area contributed by atoms with Gasteiger partial charge in [-0.15, -0.1) is 0 Å². The van der Waals surface area contributed by atoms with Gasteiger partial charge in [-0.25, -0.2) is 4.68 Å². The van der Waals surface area contributed by atoms with E-state index in [4.69, 9.17) is 5.73 Å². The van der Waals surface area contributed by atoms with E-state index in [2.05, 4.69) is 44.1 Å². The molecule has 2 N–H and O–H groups in total. The number of nitrogens with two attached hydrogens (primary N) is 1. The van der Waals surface area contributed by atoms with E-state index < -0.39 is 0 Å². The van der Waals surface area contributed by atoms with E-state index in [0.717, 1.165) is 23.4 Å². The predicted octanol–water partition coefficient (Wildman–Crippen LogP) is 3.41. The Morgan fingerprint density at radius 2 is 1.94 bits per heavy atom. The fourth-order valence-electron chi connectivity index (χ4n) is 2.01. The van der Waals surface area contributed by atoms with Crippen molar-refractivity contribution in [1.82, 2.24) is 9.78 Å². The zero-order chi connectivity index (χ0) is 13.1. The molecule has 0 saturated carbocycles. The molecule has 0 aliphatic heterocycles. The van der Waals surface area contributed by atoms with Crippen LogP contribution in [0, 0.1) is 0 Å². The highest BCUT2D eigenvalue weighted by molar-refractivity contribution is 5.42. The average Bonchev–Trinajstić information content (AvgIpc) is 2.87. The van der Waals surface area contributed by atoms with Crippen LogP contribution in [0.4, 0.5) is 0 Å². The van der Waals surface area contributed by atoms with Gasteiger partial charge in [-0.3, -0.25) is 0 Å². The van der Waals surface area contributed by atoms with Gasteiger partial charge in [0.05, 0.1) is 11.4 Å². The molecule has 18 heavy (non-hydrogen) atoms. The number of hydrogen-bond acceptors (Lipinski definition) is 2. The van der Waals surface area contributed by atoms with Crippen molar-refractivity contribution in [3.05, 3.63) is 47.8 Å². The summed E-state index contributed by atoms with van der Waals surface area (Å²) in [5, 5.41) is 4.62. The van der Waals surface area contributed by atoms with Crippen molar-refractivity contribution in [3.63, 3.8) is 0 Å². The van der Waals surface area contributed by atoms with Gasteiger partial charge in [0.2, 0.25) is 0 Å². The first kappa shape index (κ1) is 12.8. The molecular formula is C15H21N3. The molecule has 0 amide bonds. The molecule has 1 aromatic heterocycles. The number of rotatable bonds is 4. The summed E-state index contributed by atoms with van der Waals surface area (Å²) in [6.45, 7) is 6.40. The van der Waals surface area contributed by atoms with E-state index in [1.54, 1.807) is 0 Å². The minimum absolute atomic E-state index is 0.0629. The van der Waals surface area contributed by atoms with Gasteiger partial charge >= 0.3 is 0 Å². The van der Waals surface area contributed by atoms with Crippen LogP contribution in [0.3, 0.4) is 0 Å². The Kier molecular flexibility index (Phi) is 3.82. The fourth-order valence-corrected chi connectivity index (χ4v) is 2.01. The molecular weight excluding hydrogens is 222 g/mol.